The first-order chi connectivity index (χ1) is 6.89. The molecular formula is C10H9F3N2. The number of alkyl halides is 3. The number of aryl methyl sites for hydroxylation is 2. The van der Waals surface area contributed by atoms with Crippen molar-refractivity contribution in [2.24, 2.45) is 0 Å². The van der Waals surface area contributed by atoms with Gasteiger partial charge in [-0.15, -0.1) is 0 Å². The van der Waals surface area contributed by atoms with Gasteiger partial charge in [-0.2, -0.15) is 13.2 Å². The van der Waals surface area contributed by atoms with E-state index in [2.05, 4.69) is 4.98 Å². The lowest BCUT2D eigenvalue weighted by molar-refractivity contribution is -0.141. The number of hydrogen-bond acceptors (Lipinski definition) is 1. The molecule has 0 saturated carbocycles. The summed E-state index contributed by atoms with van der Waals surface area (Å²) >= 11 is 0. The van der Waals surface area contributed by atoms with Crippen molar-refractivity contribution in [2.75, 3.05) is 0 Å². The molecule has 2 nitrogen and oxygen atoms in total. The highest BCUT2D eigenvalue weighted by atomic mass is 19.4. The normalized spacial score (nSPS) is 12.3. The maximum absolute atomic E-state index is 12.5. The average molecular weight is 214 g/mol. The van der Waals surface area contributed by atoms with Crippen molar-refractivity contribution in [1.82, 2.24) is 9.38 Å². The predicted octanol–water partition coefficient (Wildman–Crippen LogP) is 2.97. The number of nitrogens with zero attached hydrogens (tertiary/aromatic N) is 2. The van der Waals surface area contributed by atoms with Crippen molar-refractivity contribution in [1.29, 1.82) is 0 Å². The molecule has 0 aliphatic heterocycles. The number of hydrogen-bond donors (Lipinski definition) is 0. The van der Waals surface area contributed by atoms with Crippen LogP contribution < -0.4 is 0 Å². The van der Waals surface area contributed by atoms with Gasteiger partial charge in [-0.05, 0) is 31.5 Å². The molecule has 0 N–H and O–H groups in total. The fourth-order valence-corrected chi connectivity index (χ4v) is 1.51. The third-order valence-corrected chi connectivity index (χ3v) is 2.30. The summed E-state index contributed by atoms with van der Waals surface area (Å²) in [5.74, 6) is 0. The van der Waals surface area contributed by atoms with E-state index in [0.717, 1.165) is 11.6 Å². The Morgan fingerprint density at radius 1 is 1.27 bits per heavy atom. The van der Waals surface area contributed by atoms with E-state index in [4.69, 9.17) is 0 Å². The highest BCUT2D eigenvalue weighted by Crippen LogP contribution is 2.29. The molecule has 2 rings (SSSR count). The van der Waals surface area contributed by atoms with Gasteiger partial charge >= 0.3 is 6.18 Å². The van der Waals surface area contributed by atoms with E-state index in [1.807, 2.05) is 0 Å². The lowest BCUT2D eigenvalue weighted by Gasteiger charge is -2.08. The summed E-state index contributed by atoms with van der Waals surface area (Å²) in [6.45, 7) is 3.37. The Balaban J connectivity index is 2.76. The fourth-order valence-electron chi connectivity index (χ4n) is 1.51. The van der Waals surface area contributed by atoms with E-state index in [-0.39, 0.29) is 0 Å². The van der Waals surface area contributed by atoms with Crippen LogP contribution in [0, 0.1) is 13.8 Å². The summed E-state index contributed by atoms with van der Waals surface area (Å²) in [6.07, 6.45) is -2.67. The van der Waals surface area contributed by atoms with Gasteiger partial charge in [0.05, 0.1) is 0 Å². The quantitative estimate of drug-likeness (QED) is 0.659. The topological polar surface area (TPSA) is 17.3 Å². The van der Waals surface area contributed by atoms with E-state index < -0.39 is 11.9 Å². The van der Waals surface area contributed by atoms with Crippen LogP contribution in [0.4, 0.5) is 13.2 Å². The second-order valence-corrected chi connectivity index (χ2v) is 3.47. The Morgan fingerprint density at radius 3 is 2.53 bits per heavy atom. The van der Waals surface area contributed by atoms with Gasteiger partial charge in [-0.1, -0.05) is 0 Å². The molecule has 0 atom stereocenters. The van der Waals surface area contributed by atoms with Gasteiger partial charge in [-0.25, -0.2) is 4.98 Å². The van der Waals surface area contributed by atoms with Gasteiger partial charge in [0.1, 0.15) is 11.3 Å². The van der Waals surface area contributed by atoms with Crippen molar-refractivity contribution >= 4 is 5.65 Å². The maximum atomic E-state index is 12.5. The van der Waals surface area contributed by atoms with E-state index in [9.17, 15) is 13.2 Å². The Bertz CT molecular complexity index is 511. The van der Waals surface area contributed by atoms with E-state index in [0.29, 0.717) is 11.3 Å². The molecule has 2 aromatic rings. The summed E-state index contributed by atoms with van der Waals surface area (Å²) in [5.41, 5.74) is 0.793. The summed E-state index contributed by atoms with van der Waals surface area (Å²) in [4.78, 5) is 3.60. The molecule has 0 spiro atoms. The number of halogens is 3. The van der Waals surface area contributed by atoms with Gasteiger partial charge in [0.2, 0.25) is 0 Å². The van der Waals surface area contributed by atoms with Crippen LogP contribution in [-0.2, 0) is 6.18 Å². The SMILES string of the molecule is Cc1ccn2c(C)cc(C(F)(F)F)nc12. The van der Waals surface area contributed by atoms with Crippen LogP contribution in [-0.4, -0.2) is 9.38 Å². The van der Waals surface area contributed by atoms with Crippen LogP contribution in [0.2, 0.25) is 0 Å². The molecule has 0 aromatic carbocycles. The molecule has 0 radical (unpaired) electrons. The Labute approximate surface area is 84.4 Å². The molecule has 80 valence electrons. The molecular weight excluding hydrogens is 205 g/mol. The first-order valence-electron chi connectivity index (χ1n) is 4.42. The third kappa shape index (κ3) is 1.58. The lowest BCUT2D eigenvalue weighted by Crippen LogP contribution is -2.10. The average Bonchev–Trinajstić information content (AvgIpc) is 2.47. The highest BCUT2D eigenvalue weighted by molar-refractivity contribution is 5.49. The molecule has 2 aromatic heterocycles. The number of fused-ring (bicyclic) bond motifs is 1. The summed E-state index contributed by atoms with van der Waals surface area (Å²) < 4.78 is 39.0. The largest absolute Gasteiger partial charge is 0.433 e. The maximum Gasteiger partial charge on any atom is 0.433 e. The molecule has 0 saturated heterocycles. The van der Waals surface area contributed by atoms with E-state index >= 15 is 0 Å². The minimum atomic E-state index is -4.39. The molecule has 0 fully saturated rings. The van der Waals surface area contributed by atoms with Crippen molar-refractivity contribution < 1.29 is 13.2 Å². The van der Waals surface area contributed by atoms with Crippen LogP contribution in [0.25, 0.3) is 5.65 Å². The zero-order valence-electron chi connectivity index (χ0n) is 8.26. The van der Waals surface area contributed by atoms with Crippen LogP contribution in [0.15, 0.2) is 18.3 Å². The molecule has 2 heterocycles. The minimum absolute atomic E-state index is 0.363. The van der Waals surface area contributed by atoms with Crippen molar-refractivity contribution in [3.05, 3.63) is 35.3 Å². The Kier molecular flexibility index (Phi) is 1.99. The van der Waals surface area contributed by atoms with Gasteiger partial charge in [0, 0.05) is 11.9 Å². The standard InChI is InChI=1S/C10H9F3N2/c1-6-3-4-15-7(2)5-8(10(11,12)13)14-9(6)15/h3-5H,1-2H3. The van der Waals surface area contributed by atoms with Crippen LogP contribution >= 0.6 is 0 Å². The molecule has 0 amide bonds. The highest BCUT2D eigenvalue weighted by Gasteiger charge is 2.33. The second-order valence-electron chi connectivity index (χ2n) is 3.47. The molecule has 0 bridgehead atoms. The van der Waals surface area contributed by atoms with Gasteiger partial charge in [-0.3, -0.25) is 0 Å². The molecule has 15 heavy (non-hydrogen) atoms. The molecule has 0 aliphatic carbocycles. The zero-order chi connectivity index (χ0) is 11.2. The third-order valence-electron chi connectivity index (χ3n) is 2.30. The second kappa shape index (κ2) is 2.98. The monoisotopic (exact) mass is 214 g/mol. The summed E-state index contributed by atoms with van der Waals surface area (Å²) in [5, 5.41) is 0. The predicted molar refractivity (Wildman–Crippen MR) is 49.7 cm³/mol. The van der Waals surface area contributed by atoms with Gasteiger partial charge in [0.15, 0.2) is 0 Å². The summed E-state index contributed by atoms with van der Waals surface area (Å²) in [7, 11) is 0. The van der Waals surface area contributed by atoms with E-state index in [1.54, 1.807) is 30.5 Å². The van der Waals surface area contributed by atoms with Crippen molar-refractivity contribution in [2.45, 2.75) is 20.0 Å². The number of rotatable bonds is 0. The first kappa shape index (κ1) is 10.0. The van der Waals surface area contributed by atoms with Crippen LogP contribution in [0.1, 0.15) is 17.0 Å². The van der Waals surface area contributed by atoms with Gasteiger partial charge in [0.25, 0.3) is 0 Å². The van der Waals surface area contributed by atoms with Crippen LogP contribution in [0.3, 0.4) is 0 Å². The lowest BCUT2D eigenvalue weighted by atomic mass is 10.3. The molecule has 5 heteroatoms. The van der Waals surface area contributed by atoms with E-state index in [1.165, 1.54) is 0 Å². The minimum Gasteiger partial charge on any atom is -0.306 e. The fraction of sp³-hybridized carbons (Fsp3) is 0.300. The molecule has 0 unspecified atom stereocenters. The van der Waals surface area contributed by atoms with Crippen molar-refractivity contribution in [3.63, 3.8) is 0 Å². The van der Waals surface area contributed by atoms with Gasteiger partial charge < -0.3 is 4.40 Å². The van der Waals surface area contributed by atoms with Crippen LogP contribution in [0.5, 0.6) is 0 Å². The zero-order valence-corrected chi connectivity index (χ0v) is 8.26. The number of aromatic nitrogens is 2. The Morgan fingerprint density at radius 2 is 1.93 bits per heavy atom. The molecule has 0 aliphatic rings. The smallest absolute Gasteiger partial charge is 0.306 e. The first-order valence-corrected chi connectivity index (χ1v) is 4.42. The van der Waals surface area contributed by atoms with Crippen molar-refractivity contribution in [3.8, 4) is 0 Å². The Hall–Kier alpha value is -1.52. The summed E-state index contributed by atoms with van der Waals surface area (Å²) in [6, 6.07) is 2.79.